The van der Waals surface area contributed by atoms with Gasteiger partial charge in [-0.15, -0.1) is 0 Å². The number of phenolic OH excluding ortho intramolecular Hbond substituents is 1. The van der Waals surface area contributed by atoms with Crippen molar-refractivity contribution in [3.63, 3.8) is 0 Å². The topological polar surface area (TPSA) is 66.4 Å². The van der Waals surface area contributed by atoms with E-state index in [2.05, 4.69) is 5.32 Å². The van der Waals surface area contributed by atoms with E-state index in [1.165, 1.54) is 6.07 Å². The van der Waals surface area contributed by atoms with Crippen LogP contribution in [0.2, 0.25) is 0 Å². The van der Waals surface area contributed by atoms with Gasteiger partial charge in [0, 0.05) is 17.5 Å². The lowest BCUT2D eigenvalue weighted by atomic mass is 9.94. The first-order valence-electron chi connectivity index (χ1n) is 5.19. The van der Waals surface area contributed by atoms with Crippen molar-refractivity contribution in [2.45, 2.75) is 23.8 Å². The van der Waals surface area contributed by atoms with Gasteiger partial charge in [-0.05, 0) is 26.1 Å². The second-order valence-electron chi connectivity index (χ2n) is 4.15. The van der Waals surface area contributed by atoms with Gasteiger partial charge >= 0.3 is 0 Å². The van der Waals surface area contributed by atoms with Crippen LogP contribution in [0.4, 0.5) is 0 Å². The molecule has 1 heterocycles. The van der Waals surface area contributed by atoms with E-state index >= 15 is 0 Å². The van der Waals surface area contributed by atoms with E-state index in [1.807, 2.05) is 6.92 Å². The van der Waals surface area contributed by atoms with Crippen molar-refractivity contribution in [2.75, 3.05) is 12.8 Å². The van der Waals surface area contributed by atoms with Crippen molar-refractivity contribution in [1.82, 2.24) is 5.32 Å². The molecule has 1 aliphatic rings. The molecule has 1 aliphatic heterocycles. The summed E-state index contributed by atoms with van der Waals surface area (Å²) in [6, 6.07) is 4.68. The zero-order chi connectivity index (χ0) is 11.9. The molecule has 2 atom stereocenters. The SMILES string of the molecule is CNC(C)C1CS(=O)(=O)c2cccc(O)c21. The lowest BCUT2D eigenvalue weighted by Gasteiger charge is -2.18. The molecule has 0 aliphatic carbocycles. The van der Waals surface area contributed by atoms with Crippen LogP contribution in [0.25, 0.3) is 0 Å². The minimum absolute atomic E-state index is 0.0179. The number of aromatic hydroxyl groups is 1. The predicted molar refractivity (Wildman–Crippen MR) is 61.4 cm³/mol. The second-order valence-corrected chi connectivity index (χ2v) is 6.16. The van der Waals surface area contributed by atoms with Crippen LogP contribution < -0.4 is 5.32 Å². The van der Waals surface area contributed by atoms with E-state index in [9.17, 15) is 13.5 Å². The molecule has 0 radical (unpaired) electrons. The number of phenols is 1. The number of fused-ring (bicyclic) bond motifs is 1. The lowest BCUT2D eigenvalue weighted by Crippen LogP contribution is -2.29. The van der Waals surface area contributed by atoms with Gasteiger partial charge in [0.1, 0.15) is 5.75 Å². The highest BCUT2D eigenvalue weighted by molar-refractivity contribution is 7.91. The molecule has 0 bridgehead atoms. The first-order chi connectivity index (χ1) is 7.47. The summed E-state index contributed by atoms with van der Waals surface area (Å²) in [5, 5.41) is 12.8. The van der Waals surface area contributed by atoms with E-state index in [1.54, 1.807) is 19.2 Å². The molecule has 0 saturated carbocycles. The summed E-state index contributed by atoms with van der Waals surface area (Å²) in [6.45, 7) is 1.92. The van der Waals surface area contributed by atoms with Gasteiger partial charge in [-0.1, -0.05) is 6.07 Å². The molecule has 1 aromatic carbocycles. The van der Waals surface area contributed by atoms with Gasteiger partial charge in [0.05, 0.1) is 10.6 Å². The van der Waals surface area contributed by atoms with Gasteiger partial charge < -0.3 is 10.4 Å². The molecular weight excluding hydrogens is 226 g/mol. The number of benzene rings is 1. The fourth-order valence-electron chi connectivity index (χ4n) is 2.18. The summed E-state index contributed by atoms with van der Waals surface area (Å²) >= 11 is 0. The van der Waals surface area contributed by atoms with Crippen LogP contribution in [-0.2, 0) is 9.84 Å². The summed E-state index contributed by atoms with van der Waals surface area (Å²) in [4.78, 5) is 0.277. The van der Waals surface area contributed by atoms with Gasteiger partial charge in [-0.3, -0.25) is 0 Å². The van der Waals surface area contributed by atoms with Crippen LogP contribution in [-0.4, -0.2) is 32.4 Å². The average Bonchev–Trinajstić information content (AvgIpc) is 2.52. The van der Waals surface area contributed by atoms with E-state index in [4.69, 9.17) is 0 Å². The Hall–Kier alpha value is -1.07. The predicted octanol–water partition coefficient (Wildman–Crippen LogP) is 0.871. The minimum atomic E-state index is -3.23. The summed E-state index contributed by atoms with van der Waals surface area (Å²) in [5.74, 6) is -0.0288. The molecule has 0 spiro atoms. The third-order valence-corrected chi connectivity index (χ3v) is 5.03. The molecule has 5 heteroatoms. The number of nitrogens with one attached hydrogen (secondary N) is 1. The van der Waals surface area contributed by atoms with Crippen molar-refractivity contribution in [1.29, 1.82) is 0 Å². The Bertz CT molecular complexity index is 510. The monoisotopic (exact) mass is 241 g/mol. The Labute approximate surface area is 95.2 Å². The van der Waals surface area contributed by atoms with E-state index in [0.717, 1.165) is 0 Å². The van der Waals surface area contributed by atoms with Gasteiger partial charge in [0.25, 0.3) is 0 Å². The molecule has 2 rings (SSSR count). The standard InChI is InChI=1S/C11H15NO3S/c1-7(12-2)8-6-16(14,15)10-5-3-4-9(13)11(8)10/h3-5,7-8,12-13H,6H2,1-2H3. The van der Waals surface area contributed by atoms with Crippen molar-refractivity contribution < 1.29 is 13.5 Å². The number of hydrogen-bond donors (Lipinski definition) is 2. The number of hydrogen-bond acceptors (Lipinski definition) is 4. The summed E-state index contributed by atoms with van der Waals surface area (Å²) < 4.78 is 23.8. The summed E-state index contributed by atoms with van der Waals surface area (Å²) in [6.07, 6.45) is 0. The van der Waals surface area contributed by atoms with Gasteiger partial charge in [0.15, 0.2) is 9.84 Å². The summed E-state index contributed by atoms with van der Waals surface area (Å²) in [5.41, 5.74) is 0.560. The van der Waals surface area contributed by atoms with Gasteiger partial charge in [-0.25, -0.2) is 8.42 Å². The highest BCUT2D eigenvalue weighted by atomic mass is 32.2. The number of sulfone groups is 1. The Morgan fingerprint density at radius 3 is 2.81 bits per heavy atom. The fraction of sp³-hybridized carbons (Fsp3) is 0.455. The Kier molecular flexibility index (Phi) is 2.67. The molecule has 16 heavy (non-hydrogen) atoms. The van der Waals surface area contributed by atoms with E-state index in [0.29, 0.717) is 5.56 Å². The molecule has 88 valence electrons. The van der Waals surface area contributed by atoms with Crippen LogP contribution in [0.3, 0.4) is 0 Å². The van der Waals surface area contributed by atoms with Crippen molar-refractivity contribution in [3.05, 3.63) is 23.8 Å². The largest absolute Gasteiger partial charge is 0.508 e. The van der Waals surface area contributed by atoms with Crippen molar-refractivity contribution in [3.8, 4) is 5.75 Å². The molecular formula is C11H15NO3S. The first-order valence-corrected chi connectivity index (χ1v) is 6.84. The minimum Gasteiger partial charge on any atom is -0.508 e. The molecule has 0 saturated heterocycles. The van der Waals surface area contributed by atoms with E-state index < -0.39 is 9.84 Å². The van der Waals surface area contributed by atoms with Crippen LogP contribution in [0.1, 0.15) is 18.4 Å². The number of rotatable bonds is 2. The Morgan fingerprint density at radius 2 is 2.19 bits per heavy atom. The zero-order valence-corrected chi connectivity index (χ0v) is 10.1. The van der Waals surface area contributed by atoms with E-state index in [-0.39, 0.29) is 28.4 Å². The number of likely N-dealkylation sites (N-methyl/N-ethyl adjacent to an activating group) is 1. The Morgan fingerprint density at radius 1 is 1.50 bits per heavy atom. The lowest BCUT2D eigenvalue weighted by molar-refractivity contribution is 0.447. The molecule has 2 unspecified atom stereocenters. The highest BCUT2D eigenvalue weighted by Gasteiger charge is 2.39. The normalized spacial score (nSPS) is 24.0. The van der Waals surface area contributed by atoms with Crippen molar-refractivity contribution >= 4 is 9.84 Å². The molecule has 0 aromatic heterocycles. The molecule has 1 aromatic rings. The smallest absolute Gasteiger partial charge is 0.179 e. The van der Waals surface area contributed by atoms with Crippen LogP contribution >= 0.6 is 0 Å². The highest BCUT2D eigenvalue weighted by Crippen LogP contribution is 2.41. The Balaban J connectivity index is 2.61. The second kappa shape index (κ2) is 3.75. The molecule has 2 N–H and O–H groups in total. The molecule has 4 nitrogen and oxygen atoms in total. The quantitative estimate of drug-likeness (QED) is 0.806. The maximum absolute atomic E-state index is 11.9. The first kappa shape index (κ1) is 11.4. The average molecular weight is 241 g/mol. The third-order valence-electron chi connectivity index (χ3n) is 3.21. The molecule has 0 fully saturated rings. The molecule has 0 amide bonds. The van der Waals surface area contributed by atoms with Gasteiger partial charge in [-0.2, -0.15) is 0 Å². The van der Waals surface area contributed by atoms with Crippen LogP contribution in [0.5, 0.6) is 5.75 Å². The van der Waals surface area contributed by atoms with Crippen LogP contribution in [0.15, 0.2) is 23.1 Å². The maximum atomic E-state index is 11.9. The van der Waals surface area contributed by atoms with Gasteiger partial charge in [0.2, 0.25) is 0 Å². The maximum Gasteiger partial charge on any atom is 0.179 e. The van der Waals surface area contributed by atoms with Crippen LogP contribution in [0, 0.1) is 0 Å². The third kappa shape index (κ3) is 1.60. The van der Waals surface area contributed by atoms with Crippen molar-refractivity contribution in [2.24, 2.45) is 0 Å². The zero-order valence-electron chi connectivity index (χ0n) is 9.27. The fourth-order valence-corrected chi connectivity index (χ4v) is 4.17. The summed E-state index contributed by atoms with van der Waals surface area (Å²) in [7, 11) is -1.45.